The average molecular weight is 735 g/mol. The highest BCUT2D eigenvalue weighted by molar-refractivity contribution is 7.91. The quantitative estimate of drug-likeness (QED) is 0.157. The van der Waals surface area contributed by atoms with Gasteiger partial charge in [-0.25, -0.2) is 13.2 Å². The lowest BCUT2D eigenvalue weighted by atomic mass is 9.80. The molecule has 1 aromatic rings. The molecule has 0 aromatic carbocycles. The molecule has 1 aromatic heterocycles. The van der Waals surface area contributed by atoms with Crippen LogP contribution in [0.15, 0.2) is 33.9 Å². The normalized spacial score (nSPS) is 23.3. The fraction of sp³-hybridized carbons (Fsp3) is 0.686. The van der Waals surface area contributed by atoms with Crippen molar-refractivity contribution >= 4 is 50.9 Å². The van der Waals surface area contributed by atoms with Crippen molar-refractivity contribution in [2.45, 2.75) is 115 Å². The Morgan fingerprint density at radius 1 is 1.10 bits per heavy atom. The molecule has 0 bridgehead atoms. The third kappa shape index (κ3) is 8.25. The van der Waals surface area contributed by atoms with Crippen LogP contribution in [0, 0.1) is 28.6 Å². The lowest BCUT2D eigenvalue weighted by Crippen LogP contribution is -2.62. The predicted octanol–water partition coefficient (Wildman–Crippen LogP) is 3.02. The summed E-state index contributed by atoms with van der Waals surface area (Å²) >= 11 is 1.11. The second-order valence-electron chi connectivity index (χ2n) is 16.1. The summed E-state index contributed by atoms with van der Waals surface area (Å²) in [4.78, 5) is 68.1. The molecule has 1 saturated heterocycles. The Hall–Kier alpha value is -3.30. The maximum absolute atomic E-state index is 14.4. The van der Waals surface area contributed by atoms with Crippen molar-refractivity contribution < 1.29 is 32.4 Å². The zero-order chi connectivity index (χ0) is 37.5. The summed E-state index contributed by atoms with van der Waals surface area (Å²) in [6.07, 6.45) is 3.13. The lowest BCUT2D eigenvalue weighted by Gasteiger charge is -2.38. The number of rotatable bonds is 15. The number of hydrogen-bond acceptors (Lipinski definition) is 8. The molecule has 2 saturated carbocycles. The first-order valence-corrected chi connectivity index (χ1v) is 19.6. The smallest absolute Gasteiger partial charge is 0.315 e. The molecule has 50 heavy (non-hydrogen) atoms. The van der Waals surface area contributed by atoms with Gasteiger partial charge in [0.2, 0.25) is 17.6 Å². The highest BCUT2D eigenvalue weighted by Gasteiger charge is 2.70. The van der Waals surface area contributed by atoms with Crippen LogP contribution < -0.4 is 21.7 Å². The molecule has 0 radical (unpaired) electrons. The Morgan fingerprint density at radius 2 is 1.74 bits per heavy atom. The Labute approximate surface area is 300 Å². The second kappa shape index (κ2) is 14.7. The zero-order valence-corrected chi connectivity index (χ0v) is 32.1. The van der Waals surface area contributed by atoms with Gasteiger partial charge in [0.25, 0.3) is 15.9 Å². The van der Waals surface area contributed by atoms with E-state index in [-0.39, 0.29) is 33.9 Å². The van der Waals surface area contributed by atoms with Gasteiger partial charge in [-0.2, -0.15) is 4.31 Å². The van der Waals surface area contributed by atoms with Crippen molar-refractivity contribution in [1.82, 2.24) is 25.2 Å². The van der Waals surface area contributed by atoms with E-state index in [9.17, 15) is 32.4 Å². The van der Waals surface area contributed by atoms with Gasteiger partial charge in [-0.15, -0.1) is 11.3 Å². The highest BCUT2D eigenvalue weighted by Crippen LogP contribution is 2.65. The molecule has 13 nitrogen and oxygen atoms in total. The molecule has 5 N–H and O–H groups in total. The molecule has 278 valence electrons. The molecule has 3 aliphatic rings. The molecule has 6 atom stereocenters. The summed E-state index contributed by atoms with van der Waals surface area (Å²) in [6.45, 7) is 18.9. The number of amides is 5. The monoisotopic (exact) mass is 734 g/mol. The number of sulfonamides is 1. The van der Waals surface area contributed by atoms with Crippen molar-refractivity contribution in [2.75, 3.05) is 13.1 Å². The summed E-state index contributed by atoms with van der Waals surface area (Å²) in [5, 5.41) is 10.1. The molecule has 1 unspecified atom stereocenters. The van der Waals surface area contributed by atoms with Crippen molar-refractivity contribution in [3.05, 3.63) is 29.7 Å². The zero-order valence-electron chi connectivity index (χ0n) is 30.4. The van der Waals surface area contributed by atoms with Gasteiger partial charge in [0, 0.05) is 19.1 Å². The van der Waals surface area contributed by atoms with E-state index in [0.717, 1.165) is 30.6 Å². The van der Waals surface area contributed by atoms with Crippen LogP contribution in [-0.2, 0) is 29.2 Å². The SMILES string of the molecule is C=C(C)[C@@H](CN(C(C)C)S(=O)(=O)c1cccs1)NC(=O)N[C@H](C(=O)N1C[C@H]2[C@@H]([C@H]1C(=O)NC(CC1CCC1)C(=O)C(N)=O)C2(C)C)C(C)(C)C. The number of hydrogen-bond donors (Lipinski definition) is 4. The van der Waals surface area contributed by atoms with Crippen LogP contribution in [0.2, 0.25) is 0 Å². The molecular formula is C35H54N6O7S2. The first-order chi connectivity index (χ1) is 23.1. The van der Waals surface area contributed by atoms with Gasteiger partial charge in [0.1, 0.15) is 16.3 Å². The van der Waals surface area contributed by atoms with Crippen molar-refractivity contribution in [3.8, 4) is 0 Å². The number of ketones is 1. The molecule has 0 spiro atoms. The second-order valence-corrected chi connectivity index (χ2v) is 19.2. The summed E-state index contributed by atoms with van der Waals surface area (Å²) < 4.78 is 28.4. The van der Waals surface area contributed by atoms with Gasteiger partial charge in [0.15, 0.2) is 0 Å². The molecule has 1 aliphatic heterocycles. The molecule has 5 amide bonds. The number of thiophene rings is 1. The van der Waals surface area contributed by atoms with Crippen LogP contribution in [0.1, 0.15) is 81.1 Å². The molecule has 3 fully saturated rings. The maximum atomic E-state index is 14.4. The number of carbonyl (C=O) groups excluding carboxylic acids is 5. The van der Waals surface area contributed by atoms with Crippen LogP contribution in [0.25, 0.3) is 0 Å². The Kier molecular flexibility index (Phi) is 11.6. The number of piperidine rings is 1. The van der Waals surface area contributed by atoms with Gasteiger partial charge in [0.05, 0.1) is 12.1 Å². The van der Waals surface area contributed by atoms with E-state index < -0.39 is 75.2 Å². The van der Waals surface area contributed by atoms with Crippen LogP contribution >= 0.6 is 11.3 Å². The van der Waals surface area contributed by atoms with Gasteiger partial charge in [-0.3, -0.25) is 19.2 Å². The standard InChI is InChI=1S/C35H54N6O7S2/c1-19(2)24(18-41(20(3)4)50(47,48)25-14-11-15-49-25)38-33(46)39-29(34(5,6)7)32(45)40-17-22-26(35(22,8)9)27(40)31(44)37-23(28(42)30(36)43)16-21-12-10-13-21/h11,14-15,20-24,26-27,29H,1,10,12-13,16-18H2,2-9H3,(H2,36,43)(H,37,44)(H2,38,39,46)/t22-,23?,24+,26-,27-,29+/m0/s1. The minimum Gasteiger partial charge on any atom is -0.363 e. The molecule has 2 aliphatic carbocycles. The number of nitrogens with two attached hydrogens (primary N) is 1. The largest absolute Gasteiger partial charge is 0.363 e. The van der Waals surface area contributed by atoms with E-state index >= 15 is 0 Å². The molecule has 2 heterocycles. The van der Waals surface area contributed by atoms with E-state index in [2.05, 4.69) is 22.5 Å². The Bertz CT molecular complexity index is 1600. The fourth-order valence-corrected chi connectivity index (χ4v) is 10.1. The third-order valence-electron chi connectivity index (χ3n) is 10.7. The average Bonchev–Trinajstić information content (AvgIpc) is 3.44. The van der Waals surface area contributed by atoms with Crippen molar-refractivity contribution in [1.29, 1.82) is 0 Å². The fourth-order valence-electron chi connectivity index (χ4n) is 7.30. The minimum atomic E-state index is -3.85. The van der Waals surface area contributed by atoms with Gasteiger partial charge >= 0.3 is 6.03 Å². The Morgan fingerprint density at radius 3 is 2.22 bits per heavy atom. The molecule has 15 heteroatoms. The summed E-state index contributed by atoms with van der Waals surface area (Å²) in [7, 11) is -3.85. The van der Waals surface area contributed by atoms with E-state index in [1.807, 2.05) is 13.8 Å². The van der Waals surface area contributed by atoms with Gasteiger partial charge < -0.3 is 26.6 Å². The number of nitrogens with one attached hydrogen (secondary N) is 3. The van der Waals surface area contributed by atoms with Crippen LogP contribution in [0.3, 0.4) is 0 Å². The number of likely N-dealkylation sites (tertiary alicyclic amines) is 1. The molecule has 4 rings (SSSR count). The first kappa shape index (κ1) is 39.5. The summed E-state index contributed by atoms with van der Waals surface area (Å²) in [5.74, 6) is -2.88. The Balaban J connectivity index is 1.53. The topological polar surface area (TPSA) is 188 Å². The van der Waals surface area contributed by atoms with Crippen molar-refractivity contribution in [3.63, 3.8) is 0 Å². The minimum absolute atomic E-state index is 0.0358. The predicted molar refractivity (Wildman–Crippen MR) is 191 cm³/mol. The number of nitrogens with zero attached hydrogens (tertiary/aromatic N) is 2. The number of fused-ring (bicyclic) bond motifs is 1. The summed E-state index contributed by atoms with van der Waals surface area (Å²) in [6, 6.07) is -1.75. The summed E-state index contributed by atoms with van der Waals surface area (Å²) in [5.41, 5.74) is 4.84. The highest BCUT2D eigenvalue weighted by atomic mass is 32.2. The van der Waals surface area contributed by atoms with Gasteiger partial charge in [-0.05, 0) is 67.2 Å². The maximum Gasteiger partial charge on any atom is 0.315 e. The number of carbonyl (C=O) groups is 5. The third-order valence-corrected chi connectivity index (χ3v) is 14.1. The van der Waals surface area contributed by atoms with E-state index in [1.165, 1.54) is 15.3 Å². The van der Waals surface area contributed by atoms with Crippen LogP contribution in [0.4, 0.5) is 4.79 Å². The van der Waals surface area contributed by atoms with Crippen LogP contribution in [-0.4, -0.2) is 90.5 Å². The number of primary amides is 1. The first-order valence-electron chi connectivity index (χ1n) is 17.3. The van der Waals surface area contributed by atoms with Crippen LogP contribution in [0.5, 0.6) is 0 Å². The van der Waals surface area contributed by atoms with Crippen molar-refractivity contribution in [2.24, 2.45) is 34.3 Å². The lowest BCUT2D eigenvalue weighted by molar-refractivity contribution is -0.145. The van der Waals surface area contributed by atoms with E-state index in [1.54, 1.807) is 53.0 Å². The van der Waals surface area contributed by atoms with E-state index in [0.29, 0.717) is 18.5 Å². The number of Topliss-reactive ketones (excluding diaryl/α,β-unsaturated/α-hetero) is 1. The van der Waals surface area contributed by atoms with E-state index in [4.69, 9.17) is 5.73 Å². The van der Waals surface area contributed by atoms with Gasteiger partial charge in [-0.1, -0.05) is 72.1 Å². The molecular weight excluding hydrogens is 681 g/mol. The number of urea groups is 1.